The van der Waals surface area contributed by atoms with E-state index in [9.17, 15) is 9.59 Å². The number of aromatic nitrogens is 1. The molecule has 1 N–H and O–H groups in total. The second-order valence-corrected chi connectivity index (χ2v) is 4.63. The zero-order valence-electron chi connectivity index (χ0n) is 9.38. The van der Waals surface area contributed by atoms with E-state index in [0.29, 0.717) is 16.7 Å². The standard InChI is InChI=1S/C11H11BrN2O4/c12-9-5-7(1-2-13-9)10(15)14-3-4-18-8(6-14)11(16)17/h1-2,5,8H,3-4,6H2,(H,16,17). The van der Waals surface area contributed by atoms with Crippen molar-refractivity contribution in [2.24, 2.45) is 0 Å². The van der Waals surface area contributed by atoms with Crippen LogP contribution in [0.1, 0.15) is 10.4 Å². The van der Waals surface area contributed by atoms with Crippen LogP contribution >= 0.6 is 15.9 Å². The first kappa shape index (κ1) is 13.0. The minimum atomic E-state index is -1.05. The van der Waals surface area contributed by atoms with Crippen molar-refractivity contribution in [2.45, 2.75) is 6.10 Å². The zero-order valence-corrected chi connectivity index (χ0v) is 11.0. The molecule has 1 amide bonds. The normalized spacial score (nSPS) is 19.6. The van der Waals surface area contributed by atoms with Crippen LogP contribution in [0, 0.1) is 0 Å². The first-order chi connectivity index (χ1) is 8.58. The Hall–Kier alpha value is -1.47. The fourth-order valence-electron chi connectivity index (χ4n) is 1.70. The first-order valence-corrected chi connectivity index (χ1v) is 6.12. The van der Waals surface area contributed by atoms with Crippen molar-refractivity contribution < 1.29 is 19.4 Å². The Bertz CT molecular complexity index is 480. The molecule has 0 aliphatic carbocycles. The minimum Gasteiger partial charge on any atom is -0.479 e. The van der Waals surface area contributed by atoms with Crippen LogP contribution in [0.25, 0.3) is 0 Å². The maximum Gasteiger partial charge on any atom is 0.334 e. The third-order valence-corrected chi connectivity index (χ3v) is 3.04. The van der Waals surface area contributed by atoms with E-state index in [4.69, 9.17) is 9.84 Å². The van der Waals surface area contributed by atoms with E-state index in [1.165, 1.54) is 11.1 Å². The van der Waals surface area contributed by atoms with Gasteiger partial charge < -0.3 is 14.7 Å². The molecule has 96 valence electrons. The van der Waals surface area contributed by atoms with Crippen LogP contribution in [-0.2, 0) is 9.53 Å². The monoisotopic (exact) mass is 314 g/mol. The quantitative estimate of drug-likeness (QED) is 0.816. The van der Waals surface area contributed by atoms with Gasteiger partial charge in [0.2, 0.25) is 0 Å². The lowest BCUT2D eigenvalue weighted by Crippen LogP contribution is -2.48. The molecule has 0 radical (unpaired) electrons. The third kappa shape index (κ3) is 2.85. The number of hydrogen-bond donors (Lipinski definition) is 1. The van der Waals surface area contributed by atoms with Gasteiger partial charge in [-0.2, -0.15) is 0 Å². The summed E-state index contributed by atoms with van der Waals surface area (Å²) >= 11 is 3.19. The minimum absolute atomic E-state index is 0.0636. The Morgan fingerprint density at radius 3 is 3.00 bits per heavy atom. The number of carboxylic acid groups (broad SMARTS) is 1. The number of hydrogen-bond acceptors (Lipinski definition) is 4. The van der Waals surface area contributed by atoms with Gasteiger partial charge in [0.25, 0.3) is 5.91 Å². The summed E-state index contributed by atoms with van der Waals surface area (Å²) < 4.78 is 5.63. The van der Waals surface area contributed by atoms with Gasteiger partial charge in [-0.3, -0.25) is 4.79 Å². The van der Waals surface area contributed by atoms with Crippen LogP contribution in [0.4, 0.5) is 0 Å². The van der Waals surface area contributed by atoms with Crippen molar-refractivity contribution in [3.63, 3.8) is 0 Å². The van der Waals surface area contributed by atoms with Crippen LogP contribution in [0.15, 0.2) is 22.9 Å². The van der Waals surface area contributed by atoms with Crippen molar-refractivity contribution in [1.29, 1.82) is 0 Å². The second-order valence-electron chi connectivity index (χ2n) is 3.82. The summed E-state index contributed by atoms with van der Waals surface area (Å²) in [5, 5.41) is 8.87. The zero-order chi connectivity index (χ0) is 13.1. The highest BCUT2D eigenvalue weighted by Crippen LogP contribution is 2.13. The predicted octanol–water partition coefficient (Wildman–Crippen LogP) is 0.770. The topological polar surface area (TPSA) is 79.7 Å². The highest BCUT2D eigenvalue weighted by atomic mass is 79.9. The van der Waals surface area contributed by atoms with E-state index in [1.807, 2.05) is 0 Å². The molecule has 18 heavy (non-hydrogen) atoms. The molecule has 0 bridgehead atoms. The van der Waals surface area contributed by atoms with Crippen LogP contribution < -0.4 is 0 Å². The number of nitrogens with zero attached hydrogens (tertiary/aromatic N) is 2. The number of ether oxygens (including phenoxy) is 1. The summed E-state index contributed by atoms with van der Waals surface area (Å²) in [6, 6.07) is 3.20. The Kier molecular flexibility index (Phi) is 3.93. The Morgan fingerprint density at radius 2 is 2.33 bits per heavy atom. The Labute approximate surface area is 112 Å². The average molecular weight is 315 g/mol. The number of pyridine rings is 1. The summed E-state index contributed by atoms with van der Waals surface area (Å²) in [5.41, 5.74) is 0.475. The SMILES string of the molecule is O=C(O)C1CN(C(=O)c2ccnc(Br)c2)CCO1. The summed E-state index contributed by atoms with van der Waals surface area (Å²) in [6.07, 6.45) is 0.569. The average Bonchev–Trinajstić information content (AvgIpc) is 2.38. The molecule has 0 saturated carbocycles. The largest absolute Gasteiger partial charge is 0.479 e. The highest BCUT2D eigenvalue weighted by Gasteiger charge is 2.29. The summed E-state index contributed by atoms with van der Waals surface area (Å²) in [6.45, 7) is 0.686. The maximum absolute atomic E-state index is 12.1. The number of amides is 1. The molecule has 1 aromatic rings. The van der Waals surface area contributed by atoms with E-state index < -0.39 is 12.1 Å². The van der Waals surface area contributed by atoms with E-state index in [1.54, 1.807) is 12.1 Å². The molecule has 1 fully saturated rings. The number of rotatable bonds is 2. The highest BCUT2D eigenvalue weighted by molar-refractivity contribution is 9.10. The van der Waals surface area contributed by atoms with Gasteiger partial charge in [0, 0.05) is 18.3 Å². The first-order valence-electron chi connectivity index (χ1n) is 5.33. The van der Waals surface area contributed by atoms with E-state index in [-0.39, 0.29) is 19.1 Å². The summed E-state index contributed by atoms with van der Waals surface area (Å²) in [7, 11) is 0. The van der Waals surface area contributed by atoms with Gasteiger partial charge in [-0.05, 0) is 28.1 Å². The molecule has 0 spiro atoms. The number of halogens is 1. The fourth-order valence-corrected chi connectivity index (χ4v) is 2.07. The molecule has 7 heteroatoms. The Morgan fingerprint density at radius 1 is 1.56 bits per heavy atom. The number of carbonyl (C=O) groups excluding carboxylic acids is 1. The second kappa shape index (κ2) is 5.45. The molecule has 1 aromatic heterocycles. The van der Waals surface area contributed by atoms with E-state index in [0.717, 1.165) is 0 Å². The molecule has 1 atom stereocenters. The molecule has 0 aromatic carbocycles. The maximum atomic E-state index is 12.1. The van der Waals surface area contributed by atoms with Crippen molar-refractivity contribution in [3.8, 4) is 0 Å². The van der Waals surface area contributed by atoms with Gasteiger partial charge in [0.1, 0.15) is 4.60 Å². The molecule has 2 rings (SSSR count). The number of carboxylic acids is 1. The Balaban J connectivity index is 2.11. The van der Waals surface area contributed by atoms with Gasteiger partial charge in [-0.25, -0.2) is 9.78 Å². The van der Waals surface area contributed by atoms with Crippen LogP contribution in [0.5, 0.6) is 0 Å². The smallest absolute Gasteiger partial charge is 0.334 e. The number of carbonyl (C=O) groups is 2. The van der Waals surface area contributed by atoms with Gasteiger partial charge in [0.15, 0.2) is 6.10 Å². The van der Waals surface area contributed by atoms with Gasteiger partial charge >= 0.3 is 5.97 Å². The summed E-state index contributed by atoms with van der Waals surface area (Å²) in [5.74, 6) is -1.27. The van der Waals surface area contributed by atoms with Gasteiger partial charge in [-0.1, -0.05) is 0 Å². The van der Waals surface area contributed by atoms with Crippen LogP contribution in [0.3, 0.4) is 0 Å². The van der Waals surface area contributed by atoms with Gasteiger partial charge in [0.05, 0.1) is 13.2 Å². The van der Waals surface area contributed by atoms with Crippen molar-refractivity contribution in [1.82, 2.24) is 9.88 Å². The third-order valence-electron chi connectivity index (χ3n) is 2.60. The number of morpholine rings is 1. The molecule has 1 saturated heterocycles. The predicted molar refractivity (Wildman–Crippen MR) is 65.2 cm³/mol. The van der Waals surface area contributed by atoms with Crippen LogP contribution in [0.2, 0.25) is 0 Å². The van der Waals surface area contributed by atoms with E-state index >= 15 is 0 Å². The van der Waals surface area contributed by atoms with Crippen molar-refractivity contribution >= 4 is 27.8 Å². The lowest BCUT2D eigenvalue weighted by molar-refractivity contribution is -0.154. The van der Waals surface area contributed by atoms with Crippen molar-refractivity contribution in [2.75, 3.05) is 19.7 Å². The number of aliphatic carboxylic acids is 1. The van der Waals surface area contributed by atoms with E-state index in [2.05, 4.69) is 20.9 Å². The molecule has 1 aliphatic heterocycles. The summed E-state index contributed by atoms with van der Waals surface area (Å²) in [4.78, 5) is 28.4. The molecule has 6 nitrogen and oxygen atoms in total. The molecular weight excluding hydrogens is 304 g/mol. The fraction of sp³-hybridized carbons (Fsp3) is 0.364. The lowest BCUT2D eigenvalue weighted by atomic mass is 10.2. The van der Waals surface area contributed by atoms with Crippen molar-refractivity contribution in [3.05, 3.63) is 28.5 Å². The van der Waals surface area contributed by atoms with Gasteiger partial charge in [-0.15, -0.1) is 0 Å². The molecule has 1 unspecified atom stereocenters. The molecular formula is C11H11BrN2O4. The molecule has 1 aliphatic rings. The lowest BCUT2D eigenvalue weighted by Gasteiger charge is -2.30. The van der Waals surface area contributed by atoms with Crippen LogP contribution in [-0.4, -0.2) is 52.7 Å². The molecule has 2 heterocycles.